The molecule has 178 valence electrons. The van der Waals surface area contributed by atoms with Crippen LogP contribution in [0, 0.1) is 5.92 Å². The van der Waals surface area contributed by atoms with Crippen LogP contribution in [0.5, 0.6) is 0 Å². The van der Waals surface area contributed by atoms with Gasteiger partial charge in [-0.25, -0.2) is 0 Å². The number of carbonyl (C=O) groups is 2. The van der Waals surface area contributed by atoms with Crippen molar-refractivity contribution in [1.29, 1.82) is 0 Å². The summed E-state index contributed by atoms with van der Waals surface area (Å²) in [5.74, 6) is -3.05. The Morgan fingerprint density at radius 2 is 1.21 bits per heavy atom. The predicted octanol–water partition coefficient (Wildman–Crippen LogP) is 5.97. The van der Waals surface area contributed by atoms with Crippen LogP contribution >= 0.6 is 0 Å². The van der Waals surface area contributed by atoms with Crippen molar-refractivity contribution in [2.75, 3.05) is 0 Å². The summed E-state index contributed by atoms with van der Waals surface area (Å²) in [6.45, 7) is 2.21. The van der Waals surface area contributed by atoms with Crippen LogP contribution in [0.1, 0.15) is 71.1 Å². The van der Waals surface area contributed by atoms with Crippen molar-refractivity contribution in [3.8, 4) is 0 Å². The number of benzene rings is 2. The molecule has 0 fully saturated rings. The predicted molar refractivity (Wildman–Crippen MR) is 132 cm³/mol. The van der Waals surface area contributed by atoms with Gasteiger partial charge in [0, 0.05) is 0 Å². The van der Waals surface area contributed by atoms with E-state index in [1.54, 1.807) is 6.08 Å². The van der Waals surface area contributed by atoms with Gasteiger partial charge >= 0.3 is 131 Å². The van der Waals surface area contributed by atoms with Crippen LogP contribution in [0.25, 0.3) is 0 Å². The monoisotopic (exact) mass is 842 g/mol. The fourth-order valence-corrected chi connectivity index (χ4v) is 5.15. The van der Waals surface area contributed by atoms with E-state index in [0.717, 1.165) is 71.5 Å². The first-order chi connectivity index (χ1) is 16.4. The molecule has 0 radical (unpaired) electrons. The first kappa shape index (κ1) is 33.0. The van der Waals surface area contributed by atoms with Gasteiger partial charge in [0.2, 0.25) is 0 Å². The Kier molecular flexibility index (Phi) is 23.0. The standard InChI is InChI=1S/C16H28O4.2C6H5.2Hg/c1-2-3-4-5-6-7-8-9-10-11-12-14(16(19)20)13-15(17)18;2*1-2-4-6-5-3-1;;/h11-12,14H,2-10,13H2,1H3,(H,17,18)(H,19,20);2*1-5H;;. The molecule has 2 N–H and O–H groups in total. The number of hydrogen-bond acceptors (Lipinski definition) is 2. The third kappa shape index (κ3) is 22.8. The van der Waals surface area contributed by atoms with Crippen molar-refractivity contribution in [2.45, 2.75) is 71.1 Å². The third-order valence-electron chi connectivity index (χ3n) is 4.99. The van der Waals surface area contributed by atoms with Crippen LogP contribution < -0.4 is 6.14 Å². The summed E-state index contributed by atoms with van der Waals surface area (Å²) in [6.07, 6.45) is 13.7. The molecule has 0 spiro atoms. The van der Waals surface area contributed by atoms with E-state index in [9.17, 15) is 9.59 Å². The third-order valence-corrected chi connectivity index (χ3v) is 8.66. The van der Waals surface area contributed by atoms with E-state index in [1.807, 2.05) is 0 Å². The Hall–Kier alpha value is -1.01. The van der Waals surface area contributed by atoms with Crippen molar-refractivity contribution in [1.82, 2.24) is 0 Å². The second kappa shape index (κ2) is 23.7. The zero-order valence-corrected chi connectivity index (χ0v) is 31.7. The van der Waals surface area contributed by atoms with Crippen LogP contribution in [-0.4, -0.2) is 22.2 Å². The number of rotatable bonds is 13. The van der Waals surface area contributed by atoms with E-state index in [0.29, 0.717) is 0 Å². The van der Waals surface area contributed by atoms with Gasteiger partial charge in [-0.2, -0.15) is 0 Å². The summed E-state index contributed by atoms with van der Waals surface area (Å²) < 4.78 is 3.03. The molecule has 0 saturated heterocycles. The Labute approximate surface area is 238 Å². The first-order valence-electron chi connectivity index (χ1n) is 12.2. The first-order valence-corrected chi connectivity index (χ1v) is 17.7. The molecule has 0 aliphatic rings. The Morgan fingerprint density at radius 3 is 1.56 bits per heavy atom. The van der Waals surface area contributed by atoms with Crippen LogP contribution in [0.2, 0.25) is 0 Å². The number of unbranched alkanes of at least 4 members (excludes halogenated alkanes) is 8. The van der Waals surface area contributed by atoms with Crippen molar-refractivity contribution < 1.29 is 72.0 Å². The van der Waals surface area contributed by atoms with Gasteiger partial charge in [-0.05, 0) is 12.8 Å². The van der Waals surface area contributed by atoms with Crippen molar-refractivity contribution in [3.05, 3.63) is 72.8 Å². The van der Waals surface area contributed by atoms with Crippen molar-refractivity contribution in [3.63, 3.8) is 0 Å². The van der Waals surface area contributed by atoms with Crippen LogP contribution in [0.3, 0.4) is 0 Å². The van der Waals surface area contributed by atoms with E-state index in [-0.39, 0.29) is 6.42 Å². The Balaban J connectivity index is 0.000000619. The van der Waals surface area contributed by atoms with Gasteiger partial charge in [-0.3, -0.25) is 9.59 Å². The molecule has 0 heterocycles. The molecule has 0 amide bonds. The zero-order chi connectivity index (χ0) is 25.4. The van der Waals surface area contributed by atoms with E-state index in [2.05, 4.69) is 67.6 Å². The molecule has 4 nitrogen and oxygen atoms in total. The zero-order valence-electron chi connectivity index (χ0n) is 20.7. The van der Waals surface area contributed by atoms with E-state index in [4.69, 9.17) is 10.2 Å². The summed E-state index contributed by atoms with van der Waals surface area (Å²) in [7, 11) is 0. The summed E-state index contributed by atoms with van der Waals surface area (Å²) in [5, 5.41) is 17.4. The average Bonchev–Trinajstić information content (AvgIpc) is 2.81. The molecule has 0 aliphatic carbocycles. The Morgan fingerprint density at radius 1 is 0.765 bits per heavy atom. The summed E-state index contributed by atoms with van der Waals surface area (Å²) >= 11 is 1.62. The maximum absolute atomic E-state index is 10.8. The van der Waals surface area contributed by atoms with Gasteiger partial charge in [-0.1, -0.05) is 64.0 Å². The minimum atomic E-state index is -1.07. The number of hydrogen-bond donors (Lipinski definition) is 2. The van der Waals surface area contributed by atoms with Crippen molar-refractivity contribution >= 4 is 18.1 Å². The molecule has 0 aliphatic heterocycles. The second-order valence-corrected chi connectivity index (χ2v) is 14.6. The molecular formula is C28H38Hg2O4. The summed E-state index contributed by atoms with van der Waals surface area (Å²) in [4.78, 5) is 21.3. The molecule has 2 rings (SSSR count). The van der Waals surface area contributed by atoms with Gasteiger partial charge in [0.15, 0.2) is 0 Å². The number of allylic oxidation sites excluding steroid dienone is 1. The molecule has 0 aromatic heterocycles. The molecule has 6 heteroatoms. The normalized spacial score (nSPS) is 11.1. The summed E-state index contributed by atoms with van der Waals surface area (Å²) in [6, 6.07) is 21.1. The molecule has 1 unspecified atom stereocenters. The molecule has 0 bridgehead atoms. The number of carboxylic acids is 2. The van der Waals surface area contributed by atoms with E-state index >= 15 is 0 Å². The fourth-order valence-electron chi connectivity index (χ4n) is 3.04. The van der Waals surface area contributed by atoms with Crippen molar-refractivity contribution in [2.24, 2.45) is 5.92 Å². The Bertz CT molecular complexity index is 742. The SMILES string of the molecule is CCCCCCCCCCC=CC(CC(=O)O)C(=O)O.[Hg][c]1ccccc1.[Hg][c]1ccccc1. The van der Waals surface area contributed by atoms with Crippen LogP contribution in [-0.2, 0) is 61.8 Å². The molecule has 0 saturated carbocycles. The van der Waals surface area contributed by atoms with Gasteiger partial charge in [0.1, 0.15) is 0 Å². The molecular weight excluding hydrogens is 801 g/mol. The summed E-state index contributed by atoms with van der Waals surface area (Å²) in [5.41, 5.74) is 0. The van der Waals surface area contributed by atoms with Gasteiger partial charge < -0.3 is 10.2 Å². The number of aliphatic carboxylic acids is 2. The fraction of sp³-hybridized carbons (Fsp3) is 0.429. The minimum absolute atomic E-state index is 0.344. The quantitative estimate of drug-likeness (QED) is 0.148. The second-order valence-electron chi connectivity index (χ2n) is 8.21. The van der Waals surface area contributed by atoms with Gasteiger partial charge in [0.05, 0.1) is 12.3 Å². The van der Waals surface area contributed by atoms with Crippen LogP contribution in [0.15, 0.2) is 72.8 Å². The molecule has 2 aromatic carbocycles. The average molecular weight is 840 g/mol. The molecule has 2 aromatic rings. The maximum atomic E-state index is 10.8. The molecule has 1 atom stereocenters. The molecule has 34 heavy (non-hydrogen) atoms. The number of carboxylic acid groups (broad SMARTS) is 2. The topological polar surface area (TPSA) is 74.6 Å². The van der Waals surface area contributed by atoms with E-state index < -0.39 is 17.9 Å². The van der Waals surface area contributed by atoms with E-state index in [1.165, 1.54) is 50.7 Å². The van der Waals surface area contributed by atoms with Crippen LogP contribution in [0.4, 0.5) is 0 Å². The van der Waals surface area contributed by atoms with Gasteiger partial charge in [-0.15, -0.1) is 0 Å². The van der Waals surface area contributed by atoms with Gasteiger partial charge in [0.25, 0.3) is 0 Å².